The molecule has 0 saturated heterocycles. The number of carbonyl (C=O) groups is 1. The molecule has 1 aromatic rings. The molecule has 0 bridgehead atoms. The topological polar surface area (TPSA) is 97.2 Å². The van der Waals surface area contributed by atoms with E-state index in [1.54, 1.807) is 0 Å². The van der Waals surface area contributed by atoms with Crippen molar-refractivity contribution in [2.75, 3.05) is 5.43 Å². The normalized spacial score (nSPS) is 9.21. The van der Waals surface area contributed by atoms with Gasteiger partial charge in [-0.1, -0.05) is 0 Å². The average molecular weight is 196 g/mol. The summed E-state index contributed by atoms with van der Waals surface area (Å²) in [7, 11) is 0. The molecule has 0 unspecified atom stereocenters. The van der Waals surface area contributed by atoms with Crippen molar-refractivity contribution in [1.29, 1.82) is 0 Å². The maximum absolute atomic E-state index is 10.5. The van der Waals surface area contributed by atoms with E-state index in [9.17, 15) is 14.9 Å². The first kappa shape index (κ1) is 9.90. The predicted molar refractivity (Wildman–Crippen MR) is 48.3 cm³/mol. The molecule has 2 N–H and O–H groups in total. The van der Waals surface area contributed by atoms with Gasteiger partial charge >= 0.3 is 5.69 Å². The Bertz CT molecular complexity index is 366. The van der Waals surface area contributed by atoms with Gasteiger partial charge in [0.2, 0.25) is 11.7 Å². The second kappa shape index (κ2) is 4.17. The molecule has 0 aliphatic carbocycles. The smallest absolute Gasteiger partial charge is 0.276 e. The zero-order valence-corrected chi connectivity index (χ0v) is 7.35. The Morgan fingerprint density at radius 3 is 2.93 bits per heavy atom. The Balaban J connectivity index is 2.84. The molecule has 0 atom stereocenters. The molecule has 14 heavy (non-hydrogen) atoms. The average Bonchev–Trinajstić information content (AvgIpc) is 2.15. The van der Waals surface area contributed by atoms with Crippen molar-refractivity contribution < 1.29 is 9.72 Å². The molecule has 0 radical (unpaired) electrons. The summed E-state index contributed by atoms with van der Waals surface area (Å²) in [6.07, 6.45) is 1.39. The summed E-state index contributed by atoms with van der Waals surface area (Å²) < 4.78 is 0. The predicted octanol–water partition coefficient (Wildman–Crippen LogP) is 0.453. The van der Waals surface area contributed by atoms with E-state index in [1.807, 2.05) is 0 Å². The summed E-state index contributed by atoms with van der Waals surface area (Å²) >= 11 is 0. The molecule has 74 valence electrons. The van der Waals surface area contributed by atoms with Crippen LogP contribution >= 0.6 is 0 Å². The van der Waals surface area contributed by atoms with E-state index in [0.29, 0.717) is 0 Å². The Hall–Kier alpha value is -2.18. The first-order valence-corrected chi connectivity index (χ1v) is 3.73. The third-order valence-corrected chi connectivity index (χ3v) is 1.34. The first-order chi connectivity index (χ1) is 6.61. The summed E-state index contributed by atoms with van der Waals surface area (Å²) in [5.41, 5.74) is 4.35. The van der Waals surface area contributed by atoms with Crippen molar-refractivity contribution in [3.05, 3.63) is 28.4 Å². The summed E-state index contributed by atoms with van der Waals surface area (Å²) in [4.78, 5) is 24.1. The lowest BCUT2D eigenvalue weighted by atomic mass is 10.4. The van der Waals surface area contributed by atoms with Crippen LogP contribution in [0.5, 0.6) is 0 Å². The largest absolute Gasteiger partial charge is 0.313 e. The minimum atomic E-state index is -0.586. The molecule has 0 spiro atoms. The lowest BCUT2D eigenvalue weighted by Crippen LogP contribution is -2.27. The van der Waals surface area contributed by atoms with Crippen molar-refractivity contribution in [3.63, 3.8) is 0 Å². The molecule has 7 heteroatoms. The highest BCUT2D eigenvalue weighted by atomic mass is 16.6. The molecule has 7 nitrogen and oxygen atoms in total. The zero-order valence-electron chi connectivity index (χ0n) is 7.35. The van der Waals surface area contributed by atoms with E-state index in [1.165, 1.54) is 25.3 Å². The van der Waals surface area contributed by atoms with E-state index < -0.39 is 4.92 Å². The van der Waals surface area contributed by atoms with Crippen LogP contribution in [0, 0.1) is 10.1 Å². The molecule has 1 rings (SSSR count). The number of nitrogens with zero attached hydrogens (tertiary/aromatic N) is 2. The molecular weight excluding hydrogens is 188 g/mol. The SMILES string of the molecule is CC(=O)NNc1ncccc1[N+](=O)[O-]. The van der Waals surface area contributed by atoms with Crippen LogP contribution in [0.15, 0.2) is 18.3 Å². The standard InChI is InChI=1S/C7H8N4O3/c1-5(12)9-10-7-6(11(13)14)3-2-4-8-7/h2-4H,1H3,(H,8,10)(H,9,12). The van der Waals surface area contributed by atoms with E-state index in [2.05, 4.69) is 15.8 Å². The number of pyridine rings is 1. The van der Waals surface area contributed by atoms with Gasteiger partial charge in [-0.3, -0.25) is 25.8 Å². The lowest BCUT2D eigenvalue weighted by molar-refractivity contribution is -0.384. The van der Waals surface area contributed by atoms with Crippen molar-refractivity contribution in [2.45, 2.75) is 6.92 Å². The fourth-order valence-corrected chi connectivity index (χ4v) is 0.788. The second-order valence-electron chi connectivity index (χ2n) is 2.43. The monoisotopic (exact) mass is 196 g/mol. The summed E-state index contributed by atoms with van der Waals surface area (Å²) in [5.74, 6) is -0.349. The van der Waals surface area contributed by atoms with Crippen LogP contribution in [0.4, 0.5) is 11.5 Å². The third kappa shape index (κ3) is 2.41. The Morgan fingerprint density at radius 2 is 2.36 bits per heavy atom. The first-order valence-electron chi connectivity index (χ1n) is 3.73. The zero-order chi connectivity index (χ0) is 10.6. The number of hydrogen-bond acceptors (Lipinski definition) is 5. The number of carbonyl (C=O) groups excluding carboxylic acids is 1. The molecule has 1 aromatic heterocycles. The van der Waals surface area contributed by atoms with Gasteiger partial charge in [0.1, 0.15) is 0 Å². The minimum Gasteiger partial charge on any atom is -0.276 e. The van der Waals surface area contributed by atoms with Gasteiger partial charge in [-0.2, -0.15) is 0 Å². The van der Waals surface area contributed by atoms with Crippen molar-refractivity contribution in [1.82, 2.24) is 10.4 Å². The fraction of sp³-hybridized carbons (Fsp3) is 0.143. The molecule has 0 aliphatic heterocycles. The van der Waals surface area contributed by atoms with Crippen LogP contribution in [0.1, 0.15) is 6.92 Å². The van der Waals surface area contributed by atoms with Crippen LogP contribution in [0.25, 0.3) is 0 Å². The van der Waals surface area contributed by atoms with Gasteiger partial charge in [0.05, 0.1) is 4.92 Å². The molecule has 0 aromatic carbocycles. The van der Waals surface area contributed by atoms with Gasteiger partial charge in [0.25, 0.3) is 0 Å². The molecule has 1 amide bonds. The molecule has 0 aliphatic rings. The van der Waals surface area contributed by atoms with Crippen LogP contribution < -0.4 is 10.9 Å². The Kier molecular flexibility index (Phi) is 2.95. The van der Waals surface area contributed by atoms with Gasteiger partial charge in [-0.05, 0) is 6.07 Å². The highest BCUT2D eigenvalue weighted by Gasteiger charge is 2.13. The van der Waals surface area contributed by atoms with Crippen molar-refractivity contribution >= 4 is 17.4 Å². The van der Waals surface area contributed by atoms with Crippen molar-refractivity contribution in [2.24, 2.45) is 0 Å². The molecular formula is C7H8N4O3. The minimum absolute atomic E-state index is 0.00713. The fourth-order valence-electron chi connectivity index (χ4n) is 0.788. The summed E-state index contributed by atoms with van der Waals surface area (Å²) in [6, 6.07) is 2.73. The maximum atomic E-state index is 10.5. The van der Waals surface area contributed by atoms with E-state index in [4.69, 9.17) is 0 Å². The number of nitrogens with one attached hydrogen (secondary N) is 2. The maximum Gasteiger partial charge on any atom is 0.313 e. The van der Waals surface area contributed by atoms with Gasteiger partial charge in [0, 0.05) is 19.2 Å². The van der Waals surface area contributed by atoms with Crippen LogP contribution in [-0.2, 0) is 4.79 Å². The van der Waals surface area contributed by atoms with Crippen LogP contribution in [-0.4, -0.2) is 15.8 Å². The molecule has 1 heterocycles. The van der Waals surface area contributed by atoms with Crippen LogP contribution in [0.2, 0.25) is 0 Å². The van der Waals surface area contributed by atoms with E-state index >= 15 is 0 Å². The number of amides is 1. The van der Waals surface area contributed by atoms with Gasteiger partial charge in [0.15, 0.2) is 0 Å². The Labute approximate surface area is 79.3 Å². The van der Waals surface area contributed by atoms with Gasteiger partial charge in [-0.25, -0.2) is 4.98 Å². The number of nitro groups is 1. The van der Waals surface area contributed by atoms with E-state index in [0.717, 1.165) is 0 Å². The van der Waals surface area contributed by atoms with E-state index in [-0.39, 0.29) is 17.4 Å². The Morgan fingerprint density at radius 1 is 1.64 bits per heavy atom. The second-order valence-corrected chi connectivity index (χ2v) is 2.43. The quantitative estimate of drug-likeness (QED) is 0.540. The number of anilines is 1. The lowest BCUT2D eigenvalue weighted by Gasteiger charge is -2.04. The number of aromatic nitrogens is 1. The summed E-state index contributed by atoms with van der Waals surface area (Å²) in [5, 5.41) is 10.5. The number of hydrogen-bond donors (Lipinski definition) is 2. The number of hydrazine groups is 1. The van der Waals surface area contributed by atoms with Crippen molar-refractivity contribution in [3.8, 4) is 0 Å². The number of rotatable bonds is 3. The summed E-state index contributed by atoms with van der Waals surface area (Å²) in [6.45, 7) is 1.28. The van der Waals surface area contributed by atoms with Gasteiger partial charge in [-0.15, -0.1) is 0 Å². The highest BCUT2D eigenvalue weighted by molar-refractivity contribution is 5.75. The van der Waals surface area contributed by atoms with Crippen LogP contribution in [0.3, 0.4) is 0 Å². The third-order valence-electron chi connectivity index (χ3n) is 1.34. The van der Waals surface area contributed by atoms with Gasteiger partial charge < -0.3 is 0 Å². The molecule has 0 saturated carbocycles. The highest BCUT2D eigenvalue weighted by Crippen LogP contribution is 2.18. The molecule has 0 fully saturated rings.